The summed E-state index contributed by atoms with van der Waals surface area (Å²) >= 11 is 0. The lowest BCUT2D eigenvalue weighted by molar-refractivity contribution is -0.145. The van der Waals surface area contributed by atoms with Gasteiger partial charge in [0, 0.05) is 23.2 Å². The van der Waals surface area contributed by atoms with Gasteiger partial charge in [0.2, 0.25) is 0 Å². The molecule has 2 N–H and O–H groups in total. The molecule has 190 valence electrons. The molecule has 1 aliphatic rings. The van der Waals surface area contributed by atoms with Gasteiger partial charge in [-0.3, -0.25) is 20.3 Å². The second kappa shape index (κ2) is 11.0. The lowest BCUT2D eigenvalue weighted by Gasteiger charge is -2.19. The predicted molar refractivity (Wildman–Crippen MR) is 130 cm³/mol. The average molecular weight is 496 g/mol. The summed E-state index contributed by atoms with van der Waals surface area (Å²) in [5.41, 5.74) is 1.21. The van der Waals surface area contributed by atoms with Gasteiger partial charge < -0.3 is 19.1 Å². The van der Waals surface area contributed by atoms with Gasteiger partial charge in [-0.2, -0.15) is 0 Å². The maximum absolute atomic E-state index is 12.8. The van der Waals surface area contributed by atoms with Crippen LogP contribution in [0.15, 0.2) is 42.5 Å². The molecule has 36 heavy (non-hydrogen) atoms. The Morgan fingerprint density at radius 1 is 1.06 bits per heavy atom. The van der Waals surface area contributed by atoms with Gasteiger partial charge in [-0.1, -0.05) is 6.07 Å². The standard InChI is InChI=1S/C26H29N3O7/c1-5-34-22(31)15-35-19-9-6-16(7-10-19)21(30)14-29-13-18-12-17(8-11-20(18)24(29)32)23(27)28-25(33)36-26(2,3)4/h6-12H,5,13-15H2,1-4H3,(H2,27,28,33). The van der Waals surface area contributed by atoms with Crippen molar-refractivity contribution < 1.29 is 33.4 Å². The molecule has 2 aromatic rings. The quantitative estimate of drug-likeness (QED) is 0.248. The molecule has 0 saturated carbocycles. The molecule has 0 atom stereocenters. The van der Waals surface area contributed by atoms with E-state index in [4.69, 9.17) is 19.6 Å². The smallest absolute Gasteiger partial charge is 0.413 e. The topological polar surface area (TPSA) is 135 Å². The molecule has 1 aliphatic heterocycles. The van der Waals surface area contributed by atoms with Crippen LogP contribution in [0, 0.1) is 5.41 Å². The largest absolute Gasteiger partial charge is 0.482 e. The number of carbonyl (C=O) groups excluding carboxylic acids is 4. The average Bonchev–Trinajstić information content (AvgIpc) is 3.11. The summed E-state index contributed by atoms with van der Waals surface area (Å²) in [7, 11) is 0. The van der Waals surface area contributed by atoms with Crippen molar-refractivity contribution in [1.29, 1.82) is 5.41 Å². The minimum Gasteiger partial charge on any atom is -0.482 e. The van der Waals surface area contributed by atoms with Crippen LogP contribution in [0.3, 0.4) is 0 Å². The molecule has 0 radical (unpaired) electrons. The van der Waals surface area contributed by atoms with Crippen LogP contribution in [0.25, 0.3) is 0 Å². The Hall–Kier alpha value is -4.21. The zero-order chi connectivity index (χ0) is 26.5. The molecule has 3 rings (SSSR count). The molecule has 2 amide bonds. The van der Waals surface area contributed by atoms with E-state index in [0.717, 1.165) is 0 Å². The number of nitrogens with one attached hydrogen (secondary N) is 2. The number of fused-ring (bicyclic) bond motifs is 1. The van der Waals surface area contributed by atoms with Crippen molar-refractivity contribution in [2.75, 3.05) is 19.8 Å². The van der Waals surface area contributed by atoms with E-state index in [1.165, 1.54) is 4.90 Å². The normalized spacial score (nSPS) is 12.6. The highest BCUT2D eigenvalue weighted by Crippen LogP contribution is 2.24. The summed E-state index contributed by atoms with van der Waals surface area (Å²) in [5.74, 6) is -0.763. The lowest BCUT2D eigenvalue weighted by atomic mass is 10.1. The molecule has 0 saturated heterocycles. The minimum absolute atomic E-state index is 0.126. The maximum Gasteiger partial charge on any atom is 0.413 e. The monoisotopic (exact) mass is 495 g/mol. The first-order valence-electron chi connectivity index (χ1n) is 11.4. The molecule has 10 nitrogen and oxygen atoms in total. The third-order valence-corrected chi connectivity index (χ3v) is 5.07. The number of carbonyl (C=O) groups is 4. The van der Waals surface area contributed by atoms with Crippen LogP contribution in [0.2, 0.25) is 0 Å². The van der Waals surface area contributed by atoms with Crippen LogP contribution < -0.4 is 10.1 Å². The van der Waals surface area contributed by atoms with E-state index in [9.17, 15) is 19.2 Å². The number of nitrogens with zero attached hydrogens (tertiary/aromatic N) is 1. The fourth-order valence-electron chi connectivity index (χ4n) is 3.49. The van der Waals surface area contributed by atoms with Crippen LogP contribution in [0.4, 0.5) is 4.79 Å². The van der Waals surface area contributed by atoms with Crippen molar-refractivity contribution in [3.05, 3.63) is 64.7 Å². The van der Waals surface area contributed by atoms with Gasteiger partial charge in [-0.25, -0.2) is 9.59 Å². The van der Waals surface area contributed by atoms with Crippen molar-refractivity contribution in [2.45, 2.75) is 39.8 Å². The van der Waals surface area contributed by atoms with Crippen LogP contribution in [0.1, 0.15) is 59.5 Å². The molecule has 0 bridgehead atoms. The zero-order valence-corrected chi connectivity index (χ0v) is 20.7. The Labute approximate surface area is 209 Å². The fourth-order valence-corrected chi connectivity index (χ4v) is 3.49. The third-order valence-electron chi connectivity index (χ3n) is 5.07. The molecular weight excluding hydrogens is 466 g/mol. The van der Waals surface area contributed by atoms with Gasteiger partial charge in [0.1, 0.15) is 17.2 Å². The third kappa shape index (κ3) is 6.91. The van der Waals surface area contributed by atoms with Crippen molar-refractivity contribution >= 4 is 29.6 Å². The summed E-state index contributed by atoms with van der Waals surface area (Å²) in [6, 6.07) is 11.1. The SMILES string of the molecule is CCOC(=O)COc1ccc(C(=O)CN2Cc3cc(C(=N)NC(=O)OC(C)(C)C)ccc3C2=O)cc1. The first-order valence-corrected chi connectivity index (χ1v) is 11.4. The molecule has 2 aromatic carbocycles. The molecule has 0 fully saturated rings. The van der Waals surface area contributed by atoms with Gasteiger partial charge >= 0.3 is 12.1 Å². The van der Waals surface area contributed by atoms with E-state index in [0.29, 0.717) is 28.0 Å². The van der Waals surface area contributed by atoms with E-state index in [-0.39, 0.29) is 43.8 Å². The number of hydrogen-bond donors (Lipinski definition) is 2. The second-order valence-corrected chi connectivity index (χ2v) is 9.08. The van der Waals surface area contributed by atoms with E-state index >= 15 is 0 Å². The molecular formula is C26H29N3O7. The van der Waals surface area contributed by atoms with Crippen molar-refractivity contribution in [1.82, 2.24) is 10.2 Å². The number of ether oxygens (including phenoxy) is 3. The molecule has 0 aliphatic carbocycles. The van der Waals surface area contributed by atoms with Gasteiger partial charge in [0.25, 0.3) is 5.91 Å². The van der Waals surface area contributed by atoms with Crippen molar-refractivity contribution in [2.24, 2.45) is 0 Å². The van der Waals surface area contributed by atoms with Gasteiger partial charge in [0.15, 0.2) is 12.4 Å². The molecule has 0 aromatic heterocycles. The first kappa shape index (κ1) is 26.4. The molecule has 10 heteroatoms. The Morgan fingerprint density at radius 2 is 1.72 bits per heavy atom. The summed E-state index contributed by atoms with van der Waals surface area (Å²) < 4.78 is 15.3. The van der Waals surface area contributed by atoms with Crippen molar-refractivity contribution in [3.8, 4) is 5.75 Å². The van der Waals surface area contributed by atoms with Gasteiger partial charge in [-0.15, -0.1) is 0 Å². The zero-order valence-electron chi connectivity index (χ0n) is 20.7. The second-order valence-electron chi connectivity index (χ2n) is 9.08. The summed E-state index contributed by atoms with van der Waals surface area (Å²) in [4.78, 5) is 50.3. The lowest BCUT2D eigenvalue weighted by Crippen LogP contribution is -2.36. The molecule has 1 heterocycles. The number of benzene rings is 2. The number of alkyl carbamates (subject to hydrolysis) is 1. The number of esters is 1. The van der Waals surface area contributed by atoms with Gasteiger partial charge in [0.05, 0.1) is 13.2 Å². The van der Waals surface area contributed by atoms with Crippen LogP contribution in [0.5, 0.6) is 5.75 Å². The Morgan fingerprint density at radius 3 is 2.36 bits per heavy atom. The van der Waals surface area contributed by atoms with E-state index in [1.807, 2.05) is 0 Å². The predicted octanol–water partition coefficient (Wildman–Crippen LogP) is 3.32. The van der Waals surface area contributed by atoms with Gasteiger partial charge in [-0.05, 0) is 69.7 Å². The number of rotatable bonds is 8. The highest BCUT2D eigenvalue weighted by atomic mass is 16.6. The number of hydrogen-bond acceptors (Lipinski definition) is 8. The Balaban J connectivity index is 1.59. The molecule has 0 spiro atoms. The highest BCUT2D eigenvalue weighted by molar-refractivity contribution is 6.07. The maximum atomic E-state index is 12.8. The Bertz CT molecular complexity index is 1180. The Kier molecular flexibility index (Phi) is 8.08. The highest BCUT2D eigenvalue weighted by Gasteiger charge is 2.29. The number of ketones is 1. The number of Topliss-reactive ketones (excluding diaryl/α,β-unsaturated/α-hetero) is 1. The van der Waals surface area contributed by atoms with Crippen LogP contribution >= 0.6 is 0 Å². The van der Waals surface area contributed by atoms with E-state index in [1.54, 1.807) is 70.2 Å². The summed E-state index contributed by atoms with van der Waals surface area (Å²) in [6.07, 6.45) is -0.742. The fraction of sp³-hybridized carbons (Fsp3) is 0.346. The van der Waals surface area contributed by atoms with Crippen molar-refractivity contribution in [3.63, 3.8) is 0 Å². The minimum atomic E-state index is -0.742. The van der Waals surface area contributed by atoms with Crippen LogP contribution in [-0.2, 0) is 20.8 Å². The van der Waals surface area contributed by atoms with E-state index in [2.05, 4.69) is 5.32 Å². The number of amides is 2. The first-order chi connectivity index (χ1) is 17.0. The van der Waals surface area contributed by atoms with Crippen LogP contribution in [-0.4, -0.2) is 59.8 Å². The summed E-state index contributed by atoms with van der Waals surface area (Å²) in [5, 5.41) is 10.5. The summed E-state index contributed by atoms with van der Waals surface area (Å²) in [6.45, 7) is 6.99. The number of amidine groups is 1. The van der Waals surface area contributed by atoms with E-state index < -0.39 is 17.7 Å². The molecule has 0 unspecified atom stereocenters.